The fourth-order valence-electron chi connectivity index (χ4n) is 1.74. The number of hydrogen-bond donors (Lipinski definition) is 3. The molecular weight excluding hydrogens is 258 g/mol. The van der Waals surface area contributed by atoms with Crippen molar-refractivity contribution in [1.29, 1.82) is 0 Å². The van der Waals surface area contributed by atoms with Crippen LogP contribution in [-0.2, 0) is 0 Å². The highest BCUT2D eigenvalue weighted by Crippen LogP contribution is 2.21. The number of amides is 1. The largest absolute Gasteiger partial charge is 0.399 e. The first-order chi connectivity index (χ1) is 9.08. The molecule has 1 aromatic rings. The van der Waals surface area contributed by atoms with E-state index in [1.807, 2.05) is 24.8 Å². The van der Waals surface area contributed by atoms with E-state index in [2.05, 4.69) is 24.5 Å². The third-order valence-electron chi connectivity index (χ3n) is 2.60. The lowest BCUT2D eigenvalue weighted by atomic mass is 10.1. The quantitative estimate of drug-likeness (QED) is 0.672. The van der Waals surface area contributed by atoms with E-state index in [1.165, 1.54) is 0 Å². The van der Waals surface area contributed by atoms with Crippen LogP contribution in [0.2, 0.25) is 0 Å². The average molecular weight is 281 g/mol. The molecule has 0 bridgehead atoms. The van der Waals surface area contributed by atoms with Crippen molar-refractivity contribution in [2.24, 2.45) is 0 Å². The fourth-order valence-corrected chi connectivity index (χ4v) is 2.41. The van der Waals surface area contributed by atoms with Gasteiger partial charge < -0.3 is 16.4 Å². The van der Waals surface area contributed by atoms with Crippen molar-refractivity contribution >= 4 is 29.0 Å². The Balaban J connectivity index is 2.84. The number of thioether (sulfide) groups is 1. The highest BCUT2D eigenvalue weighted by Gasteiger charge is 2.12. The second-order valence-electron chi connectivity index (χ2n) is 4.37. The van der Waals surface area contributed by atoms with Crippen molar-refractivity contribution in [2.45, 2.75) is 26.8 Å². The third kappa shape index (κ3) is 5.03. The molecule has 4 N–H and O–H groups in total. The van der Waals surface area contributed by atoms with Crippen molar-refractivity contribution in [3.8, 4) is 0 Å². The molecule has 19 heavy (non-hydrogen) atoms. The first-order valence-electron chi connectivity index (χ1n) is 6.60. The first-order valence-corrected chi connectivity index (χ1v) is 7.75. The summed E-state index contributed by atoms with van der Waals surface area (Å²) >= 11 is 1.87. The lowest BCUT2D eigenvalue weighted by Crippen LogP contribution is -2.26. The number of nitrogen functional groups attached to an aromatic ring is 1. The predicted molar refractivity (Wildman–Crippen MR) is 84.9 cm³/mol. The van der Waals surface area contributed by atoms with E-state index in [0.29, 0.717) is 23.8 Å². The molecule has 0 aliphatic rings. The summed E-state index contributed by atoms with van der Waals surface area (Å²) in [6.07, 6.45) is 0. The van der Waals surface area contributed by atoms with Gasteiger partial charge in [0.05, 0.1) is 5.56 Å². The van der Waals surface area contributed by atoms with Crippen molar-refractivity contribution in [1.82, 2.24) is 5.32 Å². The molecule has 1 amide bonds. The Labute approximate surface area is 119 Å². The van der Waals surface area contributed by atoms with Gasteiger partial charge in [0.25, 0.3) is 5.91 Å². The predicted octanol–water partition coefficient (Wildman–Crippen LogP) is 2.57. The second-order valence-corrected chi connectivity index (χ2v) is 5.69. The van der Waals surface area contributed by atoms with E-state index in [-0.39, 0.29) is 5.91 Å². The molecule has 106 valence electrons. The zero-order valence-corrected chi connectivity index (χ0v) is 12.6. The van der Waals surface area contributed by atoms with Crippen LogP contribution in [-0.4, -0.2) is 30.0 Å². The maximum absolute atomic E-state index is 12.0. The molecular formula is C14H23N3OS. The van der Waals surface area contributed by atoms with Gasteiger partial charge in [-0.1, -0.05) is 6.92 Å². The molecule has 1 aromatic carbocycles. The molecule has 0 saturated carbocycles. The van der Waals surface area contributed by atoms with Gasteiger partial charge in [-0.15, -0.1) is 0 Å². The molecule has 1 atom stereocenters. The zero-order chi connectivity index (χ0) is 14.3. The van der Waals surface area contributed by atoms with Crippen LogP contribution >= 0.6 is 11.8 Å². The number of hydrogen-bond acceptors (Lipinski definition) is 4. The fraction of sp³-hybridized carbons (Fsp3) is 0.500. The van der Waals surface area contributed by atoms with Crippen LogP contribution in [0, 0.1) is 0 Å². The highest BCUT2D eigenvalue weighted by molar-refractivity contribution is 7.99. The maximum Gasteiger partial charge on any atom is 0.253 e. The summed E-state index contributed by atoms with van der Waals surface area (Å²) in [6.45, 7) is 6.76. The number of benzene rings is 1. The van der Waals surface area contributed by atoms with Crippen LogP contribution in [0.5, 0.6) is 0 Å². The number of anilines is 2. The molecule has 4 nitrogen and oxygen atoms in total. The van der Waals surface area contributed by atoms with Crippen molar-refractivity contribution in [3.63, 3.8) is 0 Å². The molecule has 0 fully saturated rings. The number of rotatable bonds is 7. The lowest BCUT2D eigenvalue weighted by molar-refractivity contribution is 0.0956. The Kier molecular flexibility index (Phi) is 6.56. The van der Waals surface area contributed by atoms with E-state index in [0.717, 1.165) is 17.2 Å². The van der Waals surface area contributed by atoms with E-state index < -0.39 is 0 Å². The zero-order valence-electron chi connectivity index (χ0n) is 11.8. The highest BCUT2D eigenvalue weighted by atomic mass is 32.2. The summed E-state index contributed by atoms with van der Waals surface area (Å²) in [4.78, 5) is 12.0. The van der Waals surface area contributed by atoms with Crippen molar-refractivity contribution in [2.75, 3.05) is 29.1 Å². The summed E-state index contributed by atoms with van der Waals surface area (Å²) in [5.74, 6) is 2.02. The van der Waals surface area contributed by atoms with E-state index in [4.69, 9.17) is 5.73 Å². The Morgan fingerprint density at radius 2 is 2.16 bits per heavy atom. The van der Waals surface area contributed by atoms with Gasteiger partial charge in [-0.25, -0.2) is 0 Å². The van der Waals surface area contributed by atoms with Crippen LogP contribution in [0.25, 0.3) is 0 Å². The monoisotopic (exact) mass is 281 g/mol. The minimum atomic E-state index is -0.0691. The number of carbonyl (C=O) groups is 1. The lowest BCUT2D eigenvalue weighted by Gasteiger charge is -2.18. The Morgan fingerprint density at radius 1 is 1.42 bits per heavy atom. The third-order valence-corrected chi connectivity index (χ3v) is 3.74. The molecule has 0 aromatic heterocycles. The molecule has 0 saturated heterocycles. The summed E-state index contributed by atoms with van der Waals surface area (Å²) < 4.78 is 0. The minimum Gasteiger partial charge on any atom is -0.399 e. The van der Waals surface area contributed by atoms with Gasteiger partial charge in [0, 0.05) is 29.7 Å². The number of carbonyl (C=O) groups excluding carboxylic acids is 1. The van der Waals surface area contributed by atoms with Gasteiger partial charge in [-0.05, 0) is 37.8 Å². The summed E-state index contributed by atoms with van der Waals surface area (Å²) in [5, 5.41) is 6.18. The first kappa shape index (κ1) is 15.7. The molecule has 0 aliphatic heterocycles. The molecule has 0 radical (unpaired) electrons. The summed E-state index contributed by atoms with van der Waals surface area (Å²) in [5.41, 5.74) is 7.90. The normalized spacial score (nSPS) is 11.9. The smallest absolute Gasteiger partial charge is 0.253 e. The Hall–Kier alpha value is -1.36. The van der Waals surface area contributed by atoms with Gasteiger partial charge in [0.2, 0.25) is 0 Å². The van der Waals surface area contributed by atoms with Crippen LogP contribution in [0.3, 0.4) is 0 Å². The van der Waals surface area contributed by atoms with E-state index >= 15 is 0 Å². The van der Waals surface area contributed by atoms with Crippen LogP contribution in [0.1, 0.15) is 31.1 Å². The Bertz CT molecular complexity index is 423. The van der Waals surface area contributed by atoms with Gasteiger partial charge in [0.15, 0.2) is 0 Å². The van der Waals surface area contributed by atoms with E-state index in [1.54, 1.807) is 12.1 Å². The molecule has 0 aliphatic carbocycles. The maximum atomic E-state index is 12.0. The van der Waals surface area contributed by atoms with E-state index in [9.17, 15) is 4.79 Å². The molecule has 1 unspecified atom stereocenters. The summed E-state index contributed by atoms with van der Waals surface area (Å²) in [6, 6.07) is 5.63. The van der Waals surface area contributed by atoms with Crippen LogP contribution < -0.4 is 16.4 Å². The van der Waals surface area contributed by atoms with Gasteiger partial charge in [-0.2, -0.15) is 11.8 Å². The van der Waals surface area contributed by atoms with Crippen LogP contribution in [0.15, 0.2) is 18.2 Å². The summed E-state index contributed by atoms with van der Waals surface area (Å²) in [7, 11) is 0. The standard InChI is InChI=1S/C14H23N3OS/c1-4-16-14(18)12-7-6-11(15)8-13(12)17-10(3)9-19-5-2/h6-8,10,17H,4-5,9,15H2,1-3H3,(H,16,18). The van der Waals surface area contributed by atoms with Gasteiger partial charge in [-0.3, -0.25) is 4.79 Å². The SMILES string of the molecule is CCNC(=O)c1ccc(N)cc1NC(C)CSCC. The van der Waals surface area contributed by atoms with Gasteiger partial charge in [0.1, 0.15) is 0 Å². The average Bonchev–Trinajstić information content (AvgIpc) is 2.36. The molecule has 5 heteroatoms. The molecule has 0 heterocycles. The van der Waals surface area contributed by atoms with Crippen LogP contribution in [0.4, 0.5) is 11.4 Å². The Morgan fingerprint density at radius 3 is 2.79 bits per heavy atom. The number of nitrogens with one attached hydrogen (secondary N) is 2. The topological polar surface area (TPSA) is 67.2 Å². The van der Waals surface area contributed by atoms with Crippen molar-refractivity contribution < 1.29 is 4.79 Å². The van der Waals surface area contributed by atoms with Crippen molar-refractivity contribution in [3.05, 3.63) is 23.8 Å². The molecule has 1 rings (SSSR count). The second kappa shape index (κ2) is 7.94. The molecule has 0 spiro atoms. The van der Waals surface area contributed by atoms with Gasteiger partial charge >= 0.3 is 0 Å². The number of nitrogens with two attached hydrogens (primary N) is 1. The minimum absolute atomic E-state index is 0.0691.